The second-order valence-electron chi connectivity index (χ2n) is 12.3. The van der Waals surface area contributed by atoms with Crippen LogP contribution in [0.4, 0.5) is 5.69 Å². The Bertz CT molecular complexity index is 2420. The minimum Gasteiger partial charge on any atom is -0.497 e. The molecule has 0 radical (unpaired) electrons. The molecule has 0 bridgehead atoms. The molecule has 14 nitrogen and oxygen atoms in total. The van der Waals surface area contributed by atoms with Gasteiger partial charge in [-0.1, -0.05) is 30.3 Å². The zero-order valence-corrected chi connectivity index (χ0v) is 29.9. The number of hydrogen-bond donors (Lipinski definition) is 2. The van der Waals surface area contributed by atoms with Gasteiger partial charge in [-0.25, -0.2) is 21.8 Å². The fourth-order valence-corrected chi connectivity index (χ4v) is 7.97. The summed E-state index contributed by atoms with van der Waals surface area (Å²) in [5.74, 6) is -0.474. The molecular weight excluding hydrogens is 709 g/mol. The van der Waals surface area contributed by atoms with Gasteiger partial charge >= 0.3 is 0 Å². The zero-order chi connectivity index (χ0) is 37.2. The molecule has 3 N–H and O–H groups in total. The van der Waals surface area contributed by atoms with E-state index in [1.807, 2.05) is 30.3 Å². The van der Waals surface area contributed by atoms with Crippen LogP contribution in [0.2, 0.25) is 0 Å². The highest BCUT2D eigenvalue weighted by Gasteiger charge is 2.34. The van der Waals surface area contributed by atoms with Crippen LogP contribution >= 0.6 is 0 Å². The van der Waals surface area contributed by atoms with Crippen molar-refractivity contribution in [1.82, 2.24) is 24.1 Å². The Hall–Kier alpha value is -5.58. The number of aromatic nitrogens is 2. The predicted molar refractivity (Wildman–Crippen MR) is 194 cm³/mol. The lowest BCUT2D eigenvalue weighted by molar-refractivity contribution is -0.138. The molecule has 2 amide bonds. The number of piperazine rings is 1. The molecule has 1 atom stereocenters. The summed E-state index contributed by atoms with van der Waals surface area (Å²) in [6.07, 6.45) is 1.23. The van der Waals surface area contributed by atoms with E-state index in [1.54, 1.807) is 24.3 Å². The number of anilines is 1. The first-order valence-electron chi connectivity index (χ1n) is 16.1. The summed E-state index contributed by atoms with van der Waals surface area (Å²) in [6, 6.07) is 24.7. The molecule has 0 aliphatic carbocycles. The van der Waals surface area contributed by atoms with Gasteiger partial charge in [-0.05, 0) is 78.7 Å². The Morgan fingerprint density at radius 2 is 1.58 bits per heavy atom. The van der Waals surface area contributed by atoms with Gasteiger partial charge in [0.25, 0.3) is 5.56 Å². The molecule has 6 rings (SSSR count). The van der Waals surface area contributed by atoms with E-state index in [4.69, 9.17) is 15.5 Å². The summed E-state index contributed by atoms with van der Waals surface area (Å²) in [4.78, 5) is 47.2. The number of fused-ring (bicyclic) bond motifs is 1. The number of nitrogen functional groups attached to an aromatic ring is 1. The van der Waals surface area contributed by atoms with Crippen molar-refractivity contribution in [3.63, 3.8) is 0 Å². The van der Waals surface area contributed by atoms with Crippen molar-refractivity contribution in [1.29, 1.82) is 0 Å². The van der Waals surface area contributed by atoms with Crippen LogP contribution in [0.1, 0.15) is 17.4 Å². The minimum absolute atomic E-state index is 0.00102. The molecule has 5 aromatic rings. The van der Waals surface area contributed by atoms with E-state index < -0.39 is 56.4 Å². The number of nitrogens with zero attached hydrogens (tertiary/aromatic N) is 4. The normalized spacial score (nSPS) is 14.7. The van der Waals surface area contributed by atoms with Gasteiger partial charge in [0.15, 0.2) is 9.84 Å². The standard InChI is InChI=1S/C36H36N6O8S2/c1-50-27-12-10-26(11-13-27)42-35(39-31-21-29(51(2,46)47)16-17-30(31)36(42)45)32(20-24-6-4-3-5-7-24)38-33(43)22-40-18-19-41(23-34(40)44)52(48,49)28-14-8-25(37)9-15-28/h3-17,21,32H,18-20,22-23,37H2,1-2H3,(H,38,43)/t32-/m0/s1. The second-order valence-corrected chi connectivity index (χ2v) is 16.2. The summed E-state index contributed by atoms with van der Waals surface area (Å²) in [6.45, 7) is -0.925. The number of hydrogen-bond acceptors (Lipinski definition) is 10. The molecular formula is C36H36N6O8S2. The number of rotatable bonds is 11. The molecule has 1 saturated heterocycles. The third-order valence-electron chi connectivity index (χ3n) is 8.69. The maximum absolute atomic E-state index is 14.2. The fourth-order valence-electron chi connectivity index (χ4n) is 5.95. The van der Waals surface area contributed by atoms with E-state index in [2.05, 4.69) is 5.32 Å². The molecule has 0 unspecified atom stereocenters. The van der Waals surface area contributed by atoms with E-state index in [9.17, 15) is 31.2 Å². The first-order chi connectivity index (χ1) is 24.7. The summed E-state index contributed by atoms with van der Waals surface area (Å²) in [5, 5.41) is 3.11. The van der Waals surface area contributed by atoms with Crippen molar-refractivity contribution >= 4 is 48.3 Å². The van der Waals surface area contributed by atoms with Crippen molar-refractivity contribution in [2.75, 3.05) is 45.3 Å². The highest BCUT2D eigenvalue weighted by atomic mass is 32.2. The topological polar surface area (TPSA) is 191 Å². The van der Waals surface area contributed by atoms with E-state index in [0.29, 0.717) is 17.1 Å². The van der Waals surface area contributed by atoms with Crippen molar-refractivity contribution in [3.8, 4) is 11.4 Å². The number of benzene rings is 4. The van der Waals surface area contributed by atoms with Gasteiger partial charge in [0.1, 0.15) is 11.6 Å². The van der Waals surface area contributed by atoms with Crippen LogP contribution < -0.4 is 21.3 Å². The number of carbonyl (C=O) groups is 2. The Morgan fingerprint density at radius 3 is 2.21 bits per heavy atom. The van der Waals surface area contributed by atoms with E-state index in [1.165, 1.54) is 59.0 Å². The van der Waals surface area contributed by atoms with Crippen molar-refractivity contribution in [2.45, 2.75) is 22.3 Å². The van der Waals surface area contributed by atoms with Gasteiger partial charge in [-0.3, -0.25) is 19.0 Å². The lowest BCUT2D eigenvalue weighted by Gasteiger charge is -2.33. The molecule has 1 fully saturated rings. The minimum atomic E-state index is -3.98. The van der Waals surface area contributed by atoms with Crippen molar-refractivity contribution in [3.05, 3.63) is 119 Å². The Labute approximate surface area is 300 Å². The number of methoxy groups -OCH3 is 1. The fraction of sp³-hybridized carbons (Fsp3) is 0.222. The van der Waals surface area contributed by atoms with Gasteiger partial charge in [0.05, 0.1) is 52.6 Å². The third kappa shape index (κ3) is 7.68. The summed E-state index contributed by atoms with van der Waals surface area (Å²) < 4.78 is 59.0. The van der Waals surface area contributed by atoms with Crippen LogP contribution in [-0.2, 0) is 35.9 Å². The molecule has 0 spiro atoms. The third-order valence-corrected chi connectivity index (χ3v) is 11.7. The molecule has 1 aliphatic heterocycles. The number of nitrogens with one attached hydrogen (secondary N) is 1. The summed E-state index contributed by atoms with van der Waals surface area (Å²) >= 11 is 0. The first-order valence-corrected chi connectivity index (χ1v) is 19.5. The van der Waals surface area contributed by atoms with E-state index in [-0.39, 0.29) is 46.0 Å². The smallest absolute Gasteiger partial charge is 0.266 e. The maximum Gasteiger partial charge on any atom is 0.266 e. The number of nitrogens with two attached hydrogens (primary N) is 1. The van der Waals surface area contributed by atoms with Crippen LogP contribution in [0.3, 0.4) is 0 Å². The molecule has 270 valence electrons. The van der Waals surface area contributed by atoms with Crippen LogP contribution in [0.5, 0.6) is 5.75 Å². The summed E-state index contributed by atoms with van der Waals surface area (Å²) in [7, 11) is -6.11. The molecule has 1 aliphatic rings. The number of carbonyl (C=O) groups excluding carboxylic acids is 2. The van der Waals surface area contributed by atoms with Crippen LogP contribution in [0.25, 0.3) is 16.6 Å². The van der Waals surface area contributed by atoms with Crippen LogP contribution in [0, 0.1) is 0 Å². The van der Waals surface area contributed by atoms with Crippen LogP contribution in [-0.4, -0.2) is 87.0 Å². The Balaban J connectivity index is 1.35. The highest BCUT2D eigenvalue weighted by Crippen LogP contribution is 2.25. The van der Waals surface area contributed by atoms with E-state index in [0.717, 1.165) is 16.1 Å². The molecule has 52 heavy (non-hydrogen) atoms. The molecule has 0 saturated carbocycles. The Morgan fingerprint density at radius 1 is 0.904 bits per heavy atom. The first kappa shape index (κ1) is 36.2. The van der Waals surface area contributed by atoms with Gasteiger partial charge in [0.2, 0.25) is 21.8 Å². The van der Waals surface area contributed by atoms with Gasteiger partial charge in [-0.15, -0.1) is 0 Å². The molecule has 1 aromatic heterocycles. The number of sulfone groups is 1. The largest absolute Gasteiger partial charge is 0.497 e. The number of amides is 2. The van der Waals surface area contributed by atoms with Crippen LogP contribution in [0.15, 0.2) is 112 Å². The lowest BCUT2D eigenvalue weighted by atomic mass is 10.0. The molecule has 16 heteroatoms. The SMILES string of the molecule is COc1ccc(-n2c([C@H](Cc3ccccc3)NC(=O)CN3CCN(S(=O)(=O)c4ccc(N)cc4)CC3=O)nc3cc(S(C)(=O)=O)ccc3c2=O)cc1. The Kier molecular flexibility index (Phi) is 10.2. The number of sulfonamides is 1. The maximum atomic E-state index is 14.2. The second kappa shape index (κ2) is 14.6. The van der Waals surface area contributed by atoms with Gasteiger partial charge in [0, 0.05) is 25.0 Å². The quantitative estimate of drug-likeness (QED) is 0.190. The van der Waals surface area contributed by atoms with Crippen molar-refractivity contribution < 1.29 is 31.2 Å². The number of ether oxygens (including phenoxy) is 1. The monoisotopic (exact) mass is 744 g/mol. The lowest BCUT2D eigenvalue weighted by Crippen LogP contribution is -2.54. The zero-order valence-electron chi connectivity index (χ0n) is 28.3. The average molecular weight is 745 g/mol. The molecule has 4 aromatic carbocycles. The van der Waals surface area contributed by atoms with Gasteiger partial charge < -0.3 is 20.7 Å². The van der Waals surface area contributed by atoms with Crippen molar-refractivity contribution in [2.24, 2.45) is 0 Å². The average Bonchev–Trinajstić information content (AvgIpc) is 3.12. The summed E-state index contributed by atoms with van der Waals surface area (Å²) in [5.41, 5.74) is 6.94. The highest BCUT2D eigenvalue weighted by molar-refractivity contribution is 7.90. The molecule has 2 heterocycles. The van der Waals surface area contributed by atoms with E-state index >= 15 is 0 Å². The van der Waals surface area contributed by atoms with Gasteiger partial charge in [-0.2, -0.15) is 4.31 Å². The predicted octanol–water partition coefficient (Wildman–Crippen LogP) is 2.31.